The molecule has 0 saturated heterocycles. The van der Waals surface area contributed by atoms with Crippen molar-refractivity contribution in [3.05, 3.63) is 59.7 Å². The maximum Gasteiger partial charge on any atom is 0.255 e. The first-order valence-electron chi connectivity index (χ1n) is 7.66. The molecular weight excluding hydrogens is 304 g/mol. The van der Waals surface area contributed by atoms with E-state index in [4.69, 9.17) is 4.74 Å². The van der Waals surface area contributed by atoms with E-state index < -0.39 is 0 Å². The van der Waals surface area contributed by atoms with Crippen molar-refractivity contribution in [3.63, 3.8) is 0 Å². The summed E-state index contributed by atoms with van der Waals surface area (Å²) in [5, 5.41) is 5.68. The number of ether oxygens (including phenoxy) is 1. The third-order valence-electron chi connectivity index (χ3n) is 3.22. The van der Waals surface area contributed by atoms with Crippen LogP contribution in [0.25, 0.3) is 0 Å². The largest absolute Gasteiger partial charge is 0.497 e. The van der Waals surface area contributed by atoms with Gasteiger partial charge in [-0.25, -0.2) is 0 Å². The van der Waals surface area contributed by atoms with Crippen LogP contribution in [0.4, 0.5) is 5.69 Å². The van der Waals surface area contributed by atoms with Crippen molar-refractivity contribution in [2.45, 2.75) is 26.3 Å². The molecule has 0 fully saturated rings. The number of hydrogen-bond donors (Lipinski definition) is 2. The van der Waals surface area contributed by atoms with Crippen LogP contribution in [0.5, 0.6) is 5.75 Å². The Morgan fingerprint density at radius 2 is 1.50 bits per heavy atom. The molecule has 5 nitrogen and oxygen atoms in total. The first kappa shape index (κ1) is 17.5. The fraction of sp³-hybridized carbons (Fsp3) is 0.263. The van der Waals surface area contributed by atoms with E-state index >= 15 is 0 Å². The third kappa shape index (κ3) is 4.84. The van der Waals surface area contributed by atoms with Crippen LogP contribution >= 0.6 is 0 Å². The molecule has 0 unspecified atom stereocenters. The van der Waals surface area contributed by atoms with Crippen molar-refractivity contribution in [1.82, 2.24) is 5.32 Å². The Hall–Kier alpha value is -2.82. The van der Waals surface area contributed by atoms with E-state index in [-0.39, 0.29) is 17.4 Å². The third-order valence-corrected chi connectivity index (χ3v) is 3.22. The number of amides is 2. The maximum atomic E-state index is 12.4. The molecule has 0 bridgehead atoms. The summed E-state index contributed by atoms with van der Waals surface area (Å²) in [4.78, 5) is 24.6. The van der Waals surface area contributed by atoms with Gasteiger partial charge in [0.25, 0.3) is 11.8 Å². The van der Waals surface area contributed by atoms with Crippen LogP contribution in [0.1, 0.15) is 41.5 Å². The summed E-state index contributed by atoms with van der Waals surface area (Å²) in [6, 6.07) is 13.7. The normalized spacial score (nSPS) is 10.8. The van der Waals surface area contributed by atoms with Crippen LogP contribution < -0.4 is 15.4 Å². The van der Waals surface area contributed by atoms with Gasteiger partial charge in [-0.05, 0) is 63.2 Å². The summed E-state index contributed by atoms with van der Waals surface area (Å²) in [6.07, 6.45) is 0. The van der Waals surface area contributed by atoms with E-state index in [1.807, 2.05) is 20.8 Å². The van der Waals surface area contributed by atoms with Crippen LogP contribution in [0.15, 0.2) is 48.5 Å². The zero-order chi connectivity index (χ0) is 17.7. The Labute approximate surface area is 142 Å². The quantitative estimate of drug-likeness (QED) is 0.904. The minimum Gasteiger partial charge on any atom is -0.497 e. The molecule has 0 aliphatic rings. The van der Waals surface area contributed by atoms with Crippen LogP contribution in [0.3, 0.4) is 0 Å². The summed E-state index contributed by atoms with van der Waals surface area (Å²) in [7, 11) is 1.59. The molecule has 0 atom stereocenters. The monoisotopic (exact) mass is 326 g/mol. The van der Waals surface area contributed by atoms with Crippen molar-refractivity contribution in [3.8, 4) is 5.75 Å². The standard InChI is InChI=1S/C19H22N2O3/c1-19(2,3)21-18(23)14-7-5-6-13(12-14)17(22)20-15-8-10-16(24-4)11-9-15/h5-12H,1-4H3,(H,20,22)(H,21,23). The molecule has 0 aliphatic heterocycles. The molecule has 0 spiro atoms. The Morgan fingerprint density at radius 1 is 0.917 bits per heavy atom. The van der Waals surface area contributed by atoms with Crippen molar-refractivity contribution in [1.29, 1.82) is 0 Å². The minimum absolute atomic E-state index is 0.207. The molecule has 5 heteroatoms. The Kier molecular flexibility index (Phi) is 5.24. The zero-order valence-corrected chi connectivity index (χ0v) is 14.3. The van der Waals surface area contributed by atoms with Gasteiger partial charge in [-0.2, -0.15) is 0 Å². The van der Waals surface area contributed by atoms with Crippen molar-refractivity contribution in [2.75, 3.05) is 12.4 Å². The van der Waals surface area contributed by atoms with Crippen LogP contribution in [-0.4, -0.2) is 24.5 Å². The summed E-state index contributed by atoms with van der Waals surface area (Å²) in [5.41, 5.74) is 1.20. The number of benzene rings is 2. The van der Waals surface area contributed by atoms with E-state index in [1.54, 1.807) is 55.6 Å². The summed E-state index contributed by atoms with van der Waals surface area (Å²) in [6.45, 7) is 5.72. The smallest absolute Gasteiger partial charge is 0.255 e. The van der Waals surface area contributed by atoms with Gasteiger partial charge < -0.3 is 15.4 Å². The lowest BCUT2D eigenvalue weighted by Crippen LogP contribution is -2.40. The minimum atomic E-state index is -0.335. The van der Waals surface area contributed by atoms with Crippen LogP contribution in [0, 0.1) is 0 Å². The van der Waals surface area contributed by atoms with Gasteiger partial charge in [0.2, 0.25) is 0 Å². The first-order chi connectivity index (χ1) is 11.3. The lowest BCUT2D eigenvalue weighted by molar-refractivity contribution is 0.0919. The predicted molar refractivity (Wildman–Crippen MR) is 94.6 cm³/mol. The van der Waals surface area contributed by atoms with Gasteiger partial charge in [0.05, 0.1) is 7.11 Å². The molecule has 2 amide bonds. The molecule has 126 valence electrons. The Bertz CT molecular complexity index is 731. The van der Waals surface area contributed by atoms with Crippen LogP contribution in [0.2, 0.25) is 0 Å². The lowest BCUT2D eigenvalue weighted by Gasteiger charge is -2.20. The fourth-order valence-corrected chi connectivity index (χ4v) is 2.09. The second kappa shape index (κ2) is 7.17. The molecule has 0 aromatic heterocycles. The van der Waals surface area contributed by atoms with Gasteiger partial charge in [-0.3, -0.25) is 9.59 Å². The number of hydrogen-bond acceptors (Lipinski definition) is 3. The van der Waals surface area contributed by atoms with Crippen molar-refractivity contribution >= 4 is 17.5 Å². The van der Waals surface area contributed by atoms with Gasteiger partial charge in [-0.15, -0.1) is 0 Å². The van der Waals surface area contributed by atoms with E-state index in [1.165, 1.54) is 0 Å². The SMILES string of the molecule is COc1ccc(NC(=O)c2cccc(C(=O)NC(C)(C)C)c2)cc1. The Balaban J connectivity index is 2.12. The average molecular weight is 326 g/mol. The molecule has 2 N–H and O–H groups in total. The molecule has 2 aromatic carbocycles. The molecule has 0 aliphatic carbocycles. The van der Waals surface area contributed by atoms with Crippen molar-refractivity contribution in [2.24, 2.45) is 0 Å². The Morgan fingerprint density at radius 3 is 2.04 bits per heavy atom. The highest BCUT2D eigenvalue weighted by atomic mass is 16.5. The van der Waals surface area contributed by atoms with Crippen LogP contribution in [-0.2, 0) is 0 Å². The number of carbonyl (C=O) groups is 2. The summed E-state index contributed by atoms with van der Waals surface area (Å²) >= 11 is 0. The van der Waals surface area contributed by atoms with Crippen molar-refractivity contribution < 1.29 is 14.3 Å². The van der Waals surface area contributed by atoms with E-state index in [9.17, 15) is 9.59 Å². The fourth-order valence-electron chi connectivity index (χ4n) is 2.09. The maximum absolute atomic E-state index is 12.4. The topological polar surface area (TPSA) is 67.4 Å². The van der Waals surface area contributed by atoms with Gasteiger partial charge in [0.1, 0.15) is 5.75 Å². The van der Waals surface area contributed by atoms with E-state index in [0.29, 0.717) is 22.6 Å². The van der Waals surface area contributed by atoms with Gasteiger partial charge >= 0.3 is 0 Å². The number of carbonyl (C=O) groups excluding carboxylic acids is 2. The van der Waals surface area contributed by atoms with E-state index in [0.717, 1.165) is 0 Å². The molecule has 24 heavy (non-hydrogen) atoms. The van der Waals surface area contributed by atoms with Gasteiger partial charge in [0.15, 0.2) is 0 Å². The second-order valence-corrected chi connectivity index (χ2v) is 6.47. The second-order valence-electron chi connectivity index (χ2n) is 6.47. The first-order valence-corrected chi connectivity index (χ1v) is 7.66. The highest BCUT2D eigenvalue weighted by Crippen LogP contribution is 2.16. The van der Waals surface area contributed by atoms with Gasteiger partial charge in [0, 0.05) is 22.4 Å². The molecule has 2 aromatic rings. The lowest BCUT2D eigenvalue weighted by atomic mass is 10.1. The zero-order valence-electron chi connectivity index (χ0n) is 14.3. The van der Waals surface area contributed by atoms with Gasteiger partial charge in [-0.1, -0.05) is 6.07 Å². The summed E-state index contributed by atoms with van der Waals surface area (Å²) < 4.78 is 5.08. The molecule has 2 rings (SSSR count). The number of anilines is 1. The highest BCUT2D eigenvalue weighted by molar-refractivity contribution is 6.06. The number of nitrogens with one attached hydrogen (secondary N) is 2. The van der Waals surface area contributed by atoms with E-state index in [2.05, 4.69) is 10.6 Å². The number of rotatable bonds is 4. The number of methoxy groups -OCH3 is 1. The predicted octanol–water partition coefficient (Wildman–Crippen LogP) is 3.48. The summed E-state index contributed by atoms with van der Waals surface area (Å²) in [5.74, 6) is 0.237. The average Bonchev–Trinajstić information content (AvgIpc) is 2.54. The molecule has 0 saturated carbocycles. The molecule has 0 heterocycles. The molecular formula is C19H22N2O3. The molecule has 0 radical (unpaired) electrons. The highest BCUT2D eigenvalue weighted by Gasteiger charge is 2.16.